The van der Waals surface area contributed by atoms with Crippen molar-refractivity contribution < 1.29 is 9.53 Å². The molecule has 8 heteroatoms. The minimum Gasteiger partial charge on any atom is -0.464 e. The number of nitrogens with two attached hydrogens (primary N) is 1. The predicted molar refractivity (Wildman–Crippen MR) is 98.2 cm³/mol. The van der Waals surface area contributed by atoms with Gasteiger partial charge in [0, 0.05) is 30.4 Å². The zero-order valence-corrected chi connectivity index (χ0v) is 14.8. The van der Waals surface area contributed by atoms with Crippen molar-refractivity contribution in [3.05, 3.63) is 47.5 Å². The highest BCUT2D eigenvalue weighted by Crippen LogP contribution is 2.28. The van der Waals surface area contributed by atoms with Gasteiger partial charge in [0.05, 0.1) is 18.4 Å². The minimum atomic E-state index is -0.598. The first-order valence-electron chi connectivity index (χ1n) is 8.66. The van der Waals surface area contributed by atoms with Crippen LogP contribution >= 0.6 is 0 Å². The van der Waals surface area contributed by atoms with Gasteiger partial charge in [0.1, 0.15) is 11.9 Å². The van der Waals surface area contributed by atoms with E-state index < -0.39 is 5.97 Å². The van der Waals surface area contributed by atoms with E-state index in [0.717, 1.165) is 43.0 Å². The normalized spacial score (nSPS) is 13.0. The van der Waals surface area contributed by atoms with Crippen LogP contribution in [0.5, 0.6) is 0 Å². The van der Waals surface area contributed by atoms with Gasteiger partial charge in [-0.1, -0.05) is 12.1 Å². The van der Waals surface area contributed by atoms with Gasteiger partial charge in [-0.15, -0.1) is 10.2 Å². The molecular formula is C19H18N6O2. The maximum absolute atomic E-state index is 12.2. The van der Waals surface area contributed by atoms with Crippen molar-refractivity contribution in [1.29, 1.82) is 5.26 Å². The Hall–Kier alpha value is -3.60. The zero-order chi connectivity index (χ0) is 19.0. The summed E-state index contributed by atoms with van der Waals surface area (Å²) in [6.07, 6.45) is 4.70. The van der Waals surface area contributed by atoms with Crippen LogP contribution in [0.3, 0.4) is 0 Å². The molecule has 0 amide bonds. The van der Waals surface area contributed by atoms with Crippen molar-refractivity contribution in [2.75, 3.05) is 12.8 Å². The number of benzene rings is 1. The third kappa shape index (κ3) is 2.73. The summed E-state index contributed by atoms with van der Waals surface area (Å²) in [5.41, 5.74) is 8.02. The Morgan fingerprint density at radius 1 is 1.33 bits per heavy atom. The summed E-state index contributed by atoms with van der Waals surface area (Å²) in [6.45, 7) is 0.893. The fourth-order valence-electron chi connectivity index (χ4n) is 3.43. The van der Waals surface area contributed by atoms with Gasteiger partial charge in [-0.2, -0.15) is 5.26 Å². The van der Waals surface area contributed by atoms with Crippen molar-refractivity contribution in [2.24, 2.45) is 0 Å². The van der Waals surface area contributed by atoms with E-state index in [1.165, 1.54) is 7.11 Å². The molecule has 0 spiro atoms. The average Bonchev–Trinajstić information content (AvgIpc) is 3.28. The molecule has 1 aliphatic rings. The predicted octanol–water partition coefficient (Wildman–Crippen LogP) is 2.31. The second-order valence-corrected chi connectivity index (χ2v) is 6.38. The Morgan fingerprint density at radius 2 is 2.19 bits per heavy atom. The van der Waals surface area contributed by atoms with Crippen LogP contribution in [-0.2, 0) is 17.7 Å². The first-order chi connectivity index (χ1) is 13.1. The maximum atomic E-state index is 12.2. The van der Waals surface area contributed by atoms with Crippen molar-refractivity contribution in [3.63, 3.8) is 0 Å². The van der Waals surface area contributed by atoms with Crippen LogP contribution in [0.1, 0.15) is 34.7 Å². The molecule has 1 aliphatic heterocycles. The van der Waals surface area contributed by atoms with E-state index in [9.17, 15) is 10.1 Å². The Balaban J connectivity index is 1.84. The molecule has 3 heterocycles. The molecule has 0 fully saturated rings. The second-order valence-electron chi connectivity index (χ2n) is 6.38. The van der Waals surface area contributed by atoms with Gasteiger partial charge < -0.3 is 19.6 Å². The average molecular weight is 362 g/mol. The summed E-state index contributed by atoms with van der Waals surface area (Å²) in [5, 5.41) is 17.9. The number of methoxy groups -OCH3 is 1. The smallest absolute Gasteiger partial charge is 0.357 e. The Labute approximate surface area is 155 Å². The highest BCUT2D eigenvalue weighted by atomic mass is 16.5. The van der Waals surface area contributed by atoms with Crippen LogP contribution in [0, 0.1) is 11.3 Å². The SMILES string of the molecule is COC(=O)c1c(N)c(C#N)cn1-c1cccc(-c2nnc3n2CCCC3)c1. The number of carbonyl (C=O) groups is 1. The van der Waals surface area contributed by atoms with Gasteiger partial charge in [0.15, 0.2) is 11.5 Å². The first-order valence-corrected chi connectivity index (χ1v) is 8.66. The molecule has 2 N–H and O–H groups in total. The van der Waals surface area contributed by atoms with Crippen molar-refractivity contribution >= 4 is 11.7 Å². The molecule has 0 saturated heterocycles. The van der Waals surface area contributed by atoms with E-state index in [1.807, 2.05) is 30.3 Å². The molecule has 3 aromatic rings. The van der Waals surface area contributed by atoms with Crippen molar-refractivity contribution in [2.45, 2.75) is 25.8 Å². The molecular weight excluding hydrogens is 344 g/mol. The molecule has 0 unspecified atom stereocenters. The lowest BCUT2D eigenvalue weighted by Crippen LogP contribution is -2.12. The van der Waals surface area contributed by atoms with E-state index in [1.54, 1.807) is 10.8 Å². The summed E-state index contributed by atoms with van der Waals surface area (Å²) in [5.74, 6) is 1.19. The molecule has 0 aliphatic carbocycles. The molecule has 4 rings (SSSR count). The van der Waals surface area contributed by atoms with E-state index in [4.69, 9.17) is 10.5 Å². The summed E-state index contributed by atoms with van der Waals surface area (Å²) < 4.78 is 8.55. The molecule has 8 nitrogen and oxygen atoms in total. The topological polar surface area (TPSA) is 112 Å². The number of nitrogens with zero attached hydrogens (tertiary/aromatic N) is 5. The van der Waals surface area contributed by atoms with Gasteiger partial charge in [-0.3, -0.25) is 0 Å². The van der Waals surface area contributed by atoms with Crippen LogP contribution in [0.25, 0.3) is 17.1 Å². The van der Waals surface area contributed by atoms with Crippen LogP contribution in [0.2, 0.25) is 0 Å². The second kappa shape index (κ2) is 6.61. The van der Waals surface area contributed by atoms with Gasteiger partial charge >= 0.3 is 5.97 Å². The molecule has 0 radical (unpaired) electrons. The van der Waals surface area contributed by atoms with E-state index in [0.29, 0.717) is 5.69 Å². The molecule has 136 valence electrons. The molecule has 0 bridgehead atoms. The molecule has 2 aromatic heterocycles. The third-order valence-corrected chi connectivity index (χ3v) is 4.79. The number of rotatable bonds is 3. The number of nitriles is 1. The monoisotopic (exact) mass is 362 g/mol. The molecule has 0 saturated carbocycles. The Bertz CT molecular complexity index is 1070. The number of aromatic nitrogens is 4. The van der Waals surface area contributed by atoms with E-state index in [2.05, 4.69) is 14.8 Å². The van der Waals surface area contributed by atoms with Gasteiger partial charge in [0.25, 0.3) is 0 Å². The van der Waals surface area contributed by atoms with Crippen LogP contribution < -0.4 is 5.73 Å². The Morgan fingerprint density at radius 3 is 2.96 bits per heavy atom. The Kier molecular flexibility index (Phi) is 4.12. The quantitative estimate of drug-likeness (QED) is 0.716. The lowest BCUT2D eigenvalue weighted by atomic mass is 10.1. The van der Waals surface area contributed by atoms with Crippen LogP contribution in [0.4, 0.5) is 5.69 Å². The first kappa shape index (κ1) is 16.8. The number of hydrogen-bond donors (Lipinski definition) is 1. The highest BCUT2D eigenvalue weighted by Gasteiger charge is 2.22. The van der Waals surface area contributed by atoms with Gasteiger partial charge in [0.2, 0.25) is 0 Å². The molecule has 27 heavy (non-hydrogen) atoms. The summed E-state index contributed by atoms with van der Waals surface area (Å²) >= 11 is 0. The number of aryl methyl sites for hydroxylation is 1. The minimum absolute atomic E-state index is 0.106. The fourth-order valence-corrected chi connectivity index (χ4v) is 3.43. The highest BCUT2D eigenvalue weighted by molar-refractivity contribution is 5.96. The van der Waals surface area contributed by atoms with E-state index in [-0.39, 0.29) is 16.9 Å². The molecule has 0 atom stereocenters. The van der Waals surface area contributed by atoms with Crippen molar-refractivity contribution in [1.82, 2.24) is 19.3 Å². The maximum Gasteiger partial charge on any atom is 0.357 e. The third-order valence-electron chi connectivity index (χ3n) is 4.79. The fraction of sp³-hybridized carbons (Fsp3) is 0.263. The number of ether oxygens (including phenoxy) is 1. The van der Waals surface area contributed by atoms with Crippen LogP contribution in [-0.4, -0.2) is 32.4 Å². The molecule has 1 aromatic carbocycles. The van der Waals surface area contributed by atoms with Crippen LogP contribution in [0.15, 0.2) is 30.5 Å². The van der Waals surface area contributed by atoms with Gasteiger partial charge in [-0.05, 0) is 25.0 Å². The number of esters is 1. The summed E-state index contributed by atoms with van der Waals surface area (Å²) in [4.78, 5) is 12.2. The van der Waals surface area contributed by atoms with Gasteiger partial charge in [-0.25, -0.2) is 4.79 Å². The lowest BCUT2D eigenvalue weighted by molar-refractivity contribution is 0.0593. The zero-order valence-electron chi connectivity index (χ0n) is 14.8. The number of nitrogen functional groups attached to an aromatic ring is 1. The number of anilines is 1. The largest absolute Gasteiger partial charge is 0.464 e. The lowest BCUT2D eigenvalue weighted by Gasteiger charge is -2.15. The summed E-state index contributed by atoms with van der Waals surface area (Å²) in [7, 11) is 1.28. The number of carbonyl (C=O) groups excluding carboxylic acids is 1. The number of hydrogen-bond acceptors (Lipinski definition) is 6. The number of fused-ring (bicyclic) bond motifs is 1. The van der Waals surface area contributed by atoms with Crippen molar-refractivity contribution in [3.8, 4) is 23.1 Å². The summed E-state index contributed by atoms with van der Waals surface area (Å²) in [6, 6.07) is 9.57. The van der Waals surface area contributed by atoms with E-state index >= 15 is 0 Å². The standard InChI is InChI=1S/C19H18N6O2/c1-27-19(26)17-16(21)13(10-20)11-25(17)14-6-4-5-12(9-14)18-23-22-15-7-2-3-8-24(15)18/h4-6,9,11H,2-3,7-8,21H2,1H3.